The Morgan fingerprint density at radius 2 is 2.04 bits per heavy atom. The van der Waals surface area contributed by atoms with Crippen molar-refractivity contribution in [1.82, 2.24) is 4.98 Å². The van der Waals surface area contributed by atoms with E-state index in [0.717, 1.165) is 0 Å². The van der Waals surface area contributed by atoms with Gasteiger partial charge >= 0.3 is 0 Å². The number of nitroso groups, excluding NO2 is 2. The molecule has 2 rings (SSSR count). The summed E-state index contributed by atoms with van der Waals surface area (Å²) >= 11 is 1.26. The number of nitrogen functional groups attached to an aromatic ring is 1. The summed E-state index contributed by atoms with van der Waals surface area (Å²) in [6, 6.07) is 2.59. The SMILES string of the molecule is C/C(C(=O)Nc1nccs1)=C(/N)c1cc(N)c(N=O)c(N=O)c1. The fourth-order valence-electron chi connectivity index (χ4n) is 1.78. The van der Waals surface area contributed by atoms with Crippen molar-refractivity contribution < 1.29 is 4.79 Å². The van der Waals surface area contributed by atoms with Gasteiger partial charge in [-0.15, -0.1) is 21.2 Å². The molecule has 5 N–H and O–H groups in total. The average Bonchev–Trinajstić information content (AvgIpc) is 3.05. The molecule has 10 heteroatoms. The maximum Gasteiger partial charge on any atom is 0.255 e. The molecule has 9 nitrogen and oxygen atoms in total. The molecule has 0 saturated heterocycles. The van der Waals surface area contributed by atoms with Crippen LogP contribution in [0.4, 0.5) is 22.2 Å². The average molecular weight is 332 g/mol. The Morgan fingerprint density at radius 1 is 1.30 bits per heavy atom. The Labute approximate surface area is 134 Å². The van der Waals surface area contributed by atoms with E-state index in [1.807, 2.05) is 0 Å². The highest BCUT2D eigenvalue weighted by Gasteiger charge is 2.16. The topological polar surface area (TPSA) is 153 Å². The maximum atomic E-state index is 12.1. The zero-order valence-corrected chi connectivity index (χ0v) is 12.8. The minimum absolute atomic E-state index is 0.0526. The van der Waals surface area contributed by atoms with Gasteiger partial charge in [-0.05, 0) is 29.4 Å². The van der Waals surface area contributed by atoms with Crippen LogP contribution in [0.1, 0.15) is 12.5 Å². The fourth-order valence-corrected chi connectivity index (χ4v) is 2.30. The molecule has 0 saturated carbocycles. The van der Waals surface area contributed by atoms with Gasteiger partial charge in [0.2, 0.25) is 0 Å². The number of hydrogen-bond donors (Lipinski definition) is 3. The number of carbonyl (C=O) groups excluding carboxylic acids is 1. The third-order valence-corrected chi connectivity index (χ3v) is 3.71. The first-order valence-electron chi connectivity index (χ1n) is 6.25. The van der Waals surface area contributed by atoms with Crippen molar-refractivity contribution in [3.63, 3.8) is 0 Å². The Morgan fingerprint density at radius 3 is 2.61 bits per heavy atom. The number of carbonyl (C=O) groups is 1. The zero-order valence-electron chi connectivity index (χ0n) is 11.9. The van der Waals surface area contributed by atoms with Crippen LogP contribution in [0.2, 0.25) is 0 Å². The van der Waals surface area contributed by atoms with Crippen molar-refractivity contribution in [1.29, 1.82) is 0 Å². The highest BCUT2D eigenvalue weighted by molar-refractivity contribution is 7.13. The second kappa shape index (κ2) is 6.75. The molecule has 0 aliphatic heterocycles. The van der Waals surface area contributed by atoms with Crippen LogP contribution in [0.3, 0.4) is 0 Å². The third-order valence-electron chi connectivity index (χ3n) is 3.02. The van der Waals surface area contributed by atoms with E-state index in [9.17, 15) is 14.6 Å². The first kappa shape index (κ1) is 16.2. The second-order valence-electron chi connectivity index (χ2n) is 4.45. The van der Waals surface area contributed by atoms with E-state index in [4.69, 9.17) is 11.5 Å². The Balaban J connectivity index is 2.39. The molecule has 1 aromatic heterocycles. The summed E-state index contributed by atoms with van der Waals surface area (Å²) in [6.07, 6.45) is 1.55. The summed E-state index contributed by atoms with van der Waals surface area (Å²) in [5.41, 5.74) is 11.6. The number of aromatic nitrogens is 1. The molecule has 0 aliphatic rings. The summed E-state index contributed by atoms with van der Waals surface area (Å²) in [5, 5.41) is 10.1. The van der Waals surface area contributed by atoms with Gasteiger partial charge in [0.05, 0.1) is 5.69 Å². The van der Waals surface area contributed by atoms with Crippen molar-refractivity contribution in [3.05, 3.63) is 44.7 Å². The van der Waals surface area contributed by atoms with E-state index >= 15 is 0 Å². The number of amides is 1. The largest absolute Gasteiger partial charge is 0.398 e. The number of benzene rings is 1. The van der Waals surface area contributed by atoms with Crippen molar-refractivity contribution in [3.8, 4) is 0 Å². The van der Waals surface area contributed by atoms with Crippen LogP contribution in [-0.2, 0) is 4.79 Å². The zero-order chi connectivity index (χ0) is 17.0. The molecule has 0 atom stereocenters. The predicted octanol–water partition coefficient (Wildman–Crippen LogP) is 2.85. The first-order chi connectivity index (χ1) is 11.0. The van der Waals surface area contributed by atoms with Gasteiger partial charge < -0.3 is 11.5 Å². The lowest BCUT2D eigenvalue weighted by Gasteiger charge is -2.10. The van der Waals surface area contributed by atoms with E-state index < -0.39 is 5.91 Å². The van der Waals surface area contributed by atoms with Gasteiger partial charge in [0.1, 0.15) is 5.69 Å². The van der Waals surface area contributed by atoms with Crippen molar-refractivity contribution >= 4 is 45.1 Å². The van der Waals surface area contributed by atoms with Gasteiger partial charge in [0.25, 0.3) is 5.91 Å². The van der Waals surface area contributed by atoms with Crippen LogP contribution >= 0.6 is 11.3 Å². The van der Waals surface area contributed by atoms with E-state index in [2.05, 4.69) is 20.7 Å². The van der Waals surface area contributed by atoms with Crippen LogP contribution in [-0.4, -0.2) is 10.9 Å². The number of thiazole rings is 1. The summed E-state index contributed by atoms with van der Waals surface area (Å²) in [4.78, 5) is 37.5. The van der Waals surface area contributed by atoms with Gasteiger partial charge in [-0.3, -0.25) is 10.1 Å². The standard InChI is InChI=1S/C13H12N6O3S/c1-6(12(20)17-13-16-2-3-23-13)10(15)7-4-8(14)11(19-22)9(5-7)18-21/h2-5H,14-15H2,1H3,(H,16,17,20)/b10-6-. The molecule has 23 heavy (non-hydrogen) atoms. The number of nitrogens with zero attached hydrogens (tertiary/aromatic N) is 3. The molecule has 1 amide bonds. The summed E-state index contributed by atoms with van der Waals surface area (Å²) in [7, 11) is 0. The van der Waals surface area contributed by atoms with Gasteiger partial charge in [0, 0.05) is 28.4 Å². The minimum atomic E-state index is -0.450. The molecular formula is C13H12N6O3S. The predicted molar refractivity (Wildman–Crippen MR) is 89.3 cm³/mol. The Bertz CT molecular complexity index is 800. The lowest BCUT2D eigenvalue weighted by Crippen LogP contribution is -2.16. The van der Waals surface area contributed by atoms with E-state index in [-0.39, 0.29) is 33.9 Å². The minimum Gasteiger partial charge on any atom is -0.398 e. The number of hydrogen-bond acceptors (Lipinski definition) is 9. The Kier molecular flexibility index (Phi) is 4.76. The van der Waals surface area contributed by atoms with E-state index in [1.165, 1.54) is 30.4 Å². The highest BCUT2D eigenvalue weighted by atomic mass is 32.1. The van der Waals surface area contributed by atoms with Gasteiger partial charge in [-0.1, -0.05) is 0 Å². The molecule has 0 unspecified atom stereocenters. The molecule has 0 bridgehead atoms. The van der Waals surface area contributed by atoms with E-state index in [0.29, 0.717) is 5.13 Å². The quantitative estimate of drug-likeness (QED) is 0.434. The van der Waals surface area contributed by atoms with Gasteiger partial charge in [0.15, 0.2) is 10.8 Å². The number of nitrogens with two attached hydrogens (primary N) is 2. The molecule has 1 aromatic carbocycles. The molecule has 1 heterocycles. The summed E-state index contributed by atoms with van der Waals surface area (Å²) < 4.78 is 0. The van der Waals surface area contributed by atoms with Crippen molar-refractivity contribution in [2.75, 3.05) is 11.1 Å². The maximum absolute atomic E-state index is 12.1. The molecule has 0 radical (unpaired) electrons. The summed E-state index contributed by atoms with van der Waals surface area (Å²) in [6.45, 7) is 1.51. The van der Waals surface area contributed by atoms with Crippen LogP contribution in [0.25, 0.3) is 5.70 Å². The van der Waals surface area contributed by atoms with Crippen LogP contribution < -0.4 is 16.8 Å². The second-order valence-corrected chi connectivity index (χ2v) is 5.34. The smallest absolute Gasteiger partial charge is 0.255 e. The fraction of sp³-hybridized carbons (Fsp3) is 0.0769. The van der Waals surface area contributed by atoms with Crippen LogP contribution in [0.5, 0.6) is 0 Å². The molecular weight excluding hydrogens is 320 g/mol. The highest BCUT2D eigenvalue weighted by Crippen LogP contribution is 2.36. The first-order valence-corrected chi connectivity index (χ1v) is 7.13. The van der Waals surface area contributed by atoms with Gasteiger partial charge in [-0.25, -0.2) is 4.98 Å². The lowest BCUT2D eigenvalue weighted by atomic mass is 10.0. The van der Waals surface area contributed by atoms with Crippen molar-refractivity contribution in [2.24, 2.45) is 16.1 Å². The monoisotopic (exact) mass is 332 g/mol. The van der Waals surface area contributed by atoms with Gasteiger partial charge in [-0.2, -0.15) is 0 Å². The molecule has 118 valence electrons. The normalized spacial score (nSPS) is 11.5. The molecule has 0 aliphatic carbocycles. The number of rotatable bonds is 5. The third kappa shape index (κ3) is 3.37. The van der Waals surface area contributed by atoms with Crippen molar-refractivity contribution in [2.45, 2.75) is 6.92 Å². The number of anilines is 2. The van der Waals surface area contributed by atoms with E-state index in [1.54, 1.807) is 11.6 Å². The lowest BCUT2D eigenvalue weighted by molar-refractivity contribution is -0.112. The molecule has 0 fully saturated rings. The molecule has 2 aromatic rings. The number of nitrogens with one attached hydrogen (secondary N) is 1. The van der Waals surface area contributed by atoms with Crippen LogP contribution in [0.15, 0.2) is 39.6 Å². The summed E-state index contributed by atoms with van der Waals surface area (Å²) in [5.74, 6) is -0.450. The van der Waals surface area contributed by atoms with Crippen LogP contribution in [0, 0.1) is 9.81 Å². The molecule has 0 spiro atoms. The Hall–Kier alpha value is -3.14.